The summed E-state index contributed by atoms with van der Waals surface area (Å²) >= 11 is 0. The molecular formula is C15H22N2. The summed E-state index contributed by atoms with van der Waals surface area (Å²) in [6, 6.07) is 8.82. The zero-order valence-corrected chi connectivity index (χ0v) is 11.5. The average Bonchev–Trinajstić information content (AvgIpc) is 2.20. The fourth-order valence-corrected chi connectivity index (χ4v) is 1.78. The molecule has 0 heterocycles. The van der Waals surface area contributed by atoms with Gasteiger partial charge in [-0.3, -0.25) is 4.90 Å². The van der Waals surface area contributed by atoms with Crippen molar-refractivity contribution in [2.75, 3.05) is 13.6 Å². The molecule has 0 aliphatic heterocycles. The maximum atomic E-state index is 8.68. The van der Waals surface area contributed by atoms with Crippen molar-refractivity contribution in [2.45, 2.75) is 39.7 Å². The smallest absolute Gasteiger partial charge is 0.0866 e. The normalized spacial score (nSPS) is 11.6. The van der Waals surface area contributed by atoms with Gasteiger partial charge in [-0.15, -0.1) is 0 Å². The van der Waals surface area contributed by atoms with Gasteiger partial charge in [0.15, 0.2) is 0 Å². The van der Waals surface area contributed by atoms with Crippen LogP contribution in [0.3, 0.4) is 0 Å². The molecule has 0 unspecified atom stereocenters. The van der Waals surface area contributed by atoms with Gasteiger partial charge in [-0.25, -0.2) is 0 Å². The van der Waals surface area contributed by atoms with E-state index in [1.165, 1.54) is 16.7 Å². The van der Waals surface area contributed by atoms with Crippen LogP contribution < -0.4 is 0 Å². The number of hydrogen-bond donors (Lipinski definition) is 0. The minimum Gasteiger partial charge on any atom is -0.289 e. The van der Waals surface area contributed by atoms with Gasteiger partial charge >= 0.3 is 0 Å². The first-order chi connectivity index (χ1) is 7.84. The Balaban J connectivity index is 2.96. The van der Waals surface area contributed by atoms with Crippen LogP contribution in [0.1, 0.15) is 37.5 Å². The Morgan fingerprint density at radius 2 is 1.94 bits per heavy atom. The lowest BCUT2D eigenvalue weighted by Gasteiger charge is -2.22. The Kier molecular flexibility index (Phi) is 4.31. The van der Waals surface area contributed by atoms with E-state index in [2.05, 4.69) is 52.0 Å². The second-order valence-corrected chi connectivity index (χ2v) is 5.72. The highest BCUT2D eigenvalue weighted by Gasteiger charge is 2.15. The summed E-state index contributed by atoms with van der Waals surface area (Å²) in [6.45, 7) is 10.1. The number of rotatable bonds is 3. The first-order valence-corrected chi connectivity index (χ1v) is 6.00. The second kappa shape index (κ2) is 5.33. The zero-order chi connectivity index (χ0) is 13.1. The van der Waals surface area contributed by atoms with Crippen LogP contribution in [-0.4, -0.2) is 18.5 Å². The molecule has 0 atom stereocenters. The van der Waals surface area contributed by atoms with Gasteiger partial charge in [0.05, 0.1) is 12.6 Å². The lowest BCUT2D eigenvalue weighted by atomic mass is 9.85. The van der Waals surface area contributed by atoms with E-state index in [0.29, 0.717) is 6.54 Å². The van der Waals surface area contributed by atoms with Gasteiger partial charge < -0.3 is 0 Å². The van der Waals surface area contributed by atoms with E-state index >= 15 is 0 Å². The summed E-state index contributed by atoms with van der Waals surface area (Å²) in [5, 5.41) is 8.68. The van der Waals surface area contributed by atoms with E-state index in [4.69, 9.17) is 5.26 Å². The number of nitrogens with zero attached hydrogens (tertiary/aromatic N) is 2. The maximum Gasteiger partial charge on any atom is 0.0866 e. The molecule has 2 heteroatoms. The van der Waals surface area contributed by atoms with Gasteiger partial charge in [-0.1, -0.05) is 39.0 Å². The monoisotopic (exact) mass is 230 g/mol. The van der Waals surface area contributed by atoms with E-state index in [9.17, 15) is 0 Å². The molecule has 17 heavy (non-hydrogen) atoms. The van der Waals surface area contributed by atoms with Gasteiger partial charge in [0, 0.05) is 6.54 Å². The molecule has 0 amide bonds. The lowest BCUT2D eigenvalue weighted by Crippen LogP contribution is -2.19. The van der Waals surface area contributed by atoms with Crippen LogP contribution in [0.25, 0.3) is 0 Å². The highest BCUT2D eigenvalue weighted by molar-refractivity contribution is 5.34. The molecule has 0 aliphatic carbocycles. The molecule has 1 aromatic rings. The molecule has 1 rings (SSSR count). The Morgan fingerprint density at radius 3 is 2.47 bits per heavy atom. The van der Waals surface area contributed by atoms with Gasteiger partial charge in [0.1, 0.15) is 0 Å². The molecule has 0 aliphatic rings. The summed E-state index contributed by atoms with van der Waals surface area (Å²) in [6.07, 6.45) is 0. The minimum absolute atomic E-state index is 0.177. The summed E-state index contributed by atoms with van der Waals surface area (Å²) in [7, 11) is 1.98. The summed E-state index contributed by atoms with van der Waals surface area (Å²) in [5.41, 5.74) is 4.14. The second-order valence-electron chi connectivity index (χ2n) is 5.72. The standard InChI is InChI=1S/C15H22N2/c1-12-6-7-14(15(2,3)4)10-13(12)11-17(5)9-8-16/h6-7,10H,9,11H2,1-5H3. The SMILES string of the molecule is Cc1ccc(C(C)(C)C)cc1CN(C)CC#N. The topological polar surface area (TPSA) is 27.0 Å². The molecule has 0 N–H and O–H groups in total. The molecule has 0 radical (unpaired) electrons. The lowest BCUT2D eigenvalue weighted by molar-refractivity contribution is 0.366. The van der Waals surface area contributed by atoms with Crippen molar-refractivity contribution in [2.24, 2.45) is 0 Å². The third kappa shape index (κ3) is 3.87. The Morgan fingerprint density at radius 1 is 1.29 bits per heavy atom. The van der Waals surface area contributed by atoms with Crippen LogP contribution in [0.15, 0.2) is 18.2 Å². The average molecular weight is 230 g/mol. The molecule has 92 valence electrons. The first kappa shape index (κ1) is 13.7. The van der Waals surface area contributed by atoms with Gasteiger partial charge in [0.25, 0.3) is 0 Å². The number of benzene rings is 1. The summed E-state index contributed by atoms with van der Waals surface area (Å²) < 4.78 is 0. The van der Waals surface area contributed by atoms with Crippen molar-refractivity contribution in [3.8, 4) is 6.07 Å². The molecular weight excluding hydrogens is 208 g/mol. The Bertz CT molecular complexity index is 422. The van der Waals surface area contributed by atoms with Gasteiger partial charge in [0.2, 0.25) is 0 Å². The molecule has 0 saturated carbocycles. The van der Waals surface area contributed by atoms with Crippen molar-refractivity contribution >= 4 is 0 Å². The van der Waals surface area contributed by atoms with Crippen molar-refractivity contribution in [3.63, 3.8) is 0 Å². The summed E-state index contributed by atoms with van der Waals surface area (Å²) in [4.78, 5) is 2.04. The van der Waals surface area contributed by atoms with Crippen molar-refractivity contribution < 1.29 is 0 Å². The quantitative estimate of drug-likeness (QED) is 0.745. The molecule has 0 aromatic heterocycles. The van der Waals surface area contributed by atoms with E-state index < -0.39 is 0 Å². The highest BCUT2D eigenvalue weighted by Crippen LogP contribution is 2.24. The molecule has 0 fully saturated rings. The van der Waals surface area contributed by atoms with Crippen LogP contribution in [0.5, 0.6) is 0 Å². The van der Waals surface area contributed by atoms with Crippen LogP contribution in [0, 0.1) is 18.3 Å². The van der Waals surface area contributed by atoms with E-state index in [0.717, 1.165) is 6.54 Å². The summed E-state index contributed by atoms with van der Waals surface area (Å²) in [5.74, 6) is 0. The van der Waals surface area contributed by atoms with Gasteiger partial charge in [-0.2, -0.15) is 5.26 Å². The van der Waals surface area contributed by atoms with E-state index in [1.807, 2.05) is 11.9 Å². The van der Waals surface area contributed by atoms with Crippen molar-refractivity contribution in [1.82, 2.24) is 4.90 Å². The number of nitriles is 1. The van der Waals surface area contributed by atoms with Crippen molar-refractivity contribution in [3.05, 3.63) is 34.9 Å². The first-order valence-electron chi connectivity index (χ1n) is 6.00. The Labute approximate surface area is 105 Å². The maximum absolute atomic E-state index is 8.68. The van der Waals surface area contributed by atoms with Crippen molar-refractivity contribution in [1.29, 1.82) is 5.26 Å². The van der Waals surface area contributed by atoms with Crippen LogP contribution >= 0.6 is 0 Å². The number of aryl methyl sites for hydroxylation is 1. The van der Waals surface area contributed by atoms with Gasteiger partial charge in [-0.05, 0) is 36.1 Å². The zero-order valence-electron chi connectivity index (χ0n) is 11.5. The Hall–Kier alpha value is -1.33. The predicted molar refractivity (Wildman–Crippen MR) is 71.8 cm³/mol. The van der Waals surface area contributed by atoms with E-state index in [1.54, 1.807) is 0 Å². The molecule has 2 nitrogen and oxygen atoms in total. The molecule has 1 aromatic carbocycles. The predicted octanol–water partition coefficient (Wildman–Crippen LogP) is 3.25. The third-order valence-electron chi connectivity index (χ3n) is 3.00. The highest BCUT2D eigenvalue weighted by atomic mass is 15.1. The minimum atomic E-state index is 0.177. The molecule has 0 saturated heterocycles. The van der Waals surface area contributed by atoms with Crippen LogP contribution in [0.4, 0.5) is 0 Å². The largest absolute Gasteiger partial charge is 0.289 e. The number of hydrogen-bond acceptors (Lipinski definition) is 2. The molecule has 0 spiro atoms. The third-order valence-corrected chi connectivity index (χ3v) is 3.00. The molecule has 0 bridgehead atoms. The fraction of sp³-hybridized carbons (Fsp3) is 0.533. The van der Waals surface area contributed by atoms with Crippen LogP contribution in [-0.2, 0) is 12.0 Å². The van der Waals surface area contributed by atoms with Crippen LogP contribution in [0.2, 0.25) is 0 Å². The fourth-order valence-electron chi connectivity index (χ4n) is 1.78. The van der Waals surface area contributed by atoms with E-state index in [-0.39, 0.29) is 5.41 Å².